The number of allylic oxidation sites excluding steroid dienone is 4. The van der Waals surface area contributed by atoms with Gasteiger partial charge in [-0.3, -0.25) is 0 Å². The molecule has 9 aromatic carbocycles. The molecule has 0 aliphatic carbocycles. The van der Waals surface area contributed by atoms with Gasteiger partial charge in [0.1, 0.15) is 0 Å². The van der Waals surface area contributed by atoms with Crippen LogP contribution in [0.25, 0.3) is 34.8 Å². The number of hydrogen-bond acceptors (Lipinski definition) is 0. The molecule has 0 amide bonds. The van der Waals surface area contributed by atoms with Crippen molar-refractivity contribution in [2.24, 2.45) is 0 Å². The van der Waals surface area contributed by atoms with Crippen LogP contribution in [0.15, 0.2) is 255 Å². The third-order valence-corrected chi connectivity index (χ3v) is 31.9. The summed E-state index contributed by atoms with van der Waals surface area (Å²) >= 11 is -4.28. The molecule has 0 unspecified atom stereocenters. The Morgan fingerprint density at radius 2 is 0.507 bits per heavy atom. The molecule has 319 valence electrons. The van der Waals surface area contributed by atoms with Gasteiger partial charge in [-0.2, -0.15) is 0 Å². The molecule has 2 aliphatic rings. The van der Waals surface area contributed by atoms with Crippen LogP contribution < -0.4 is 3.12 Å². The Labute approximate surface area is 417 Å². The quantitative estimate of drug-likeness (QED) is 0.126. The molecule has 67 heavy (non-hydrogen) atoms. The van der Waals surface area contributed by atoms with Gasteiger partial charge in [0.25, 0.3) is 0 Å². The summed E-state index contributed by atoms with van der Waals surface area (Å²) in [5, 5.41) is 0. The zero-order valence-electron chi connectivity index (χ0n) is 38.2. The van der Waals surface area contributed by atoms with E-state index in [1.165, 1.54) is 83.5 Å². The van der Waals surface area contributed by atoms with Gasteiger partial charge >= 0.3 is 422 Å². The van der Waals surface area contributed by atoms with Crippen molar-refractivity contribution in [2.75, 3.05) is 0 Å². The molecule has 0 bridgehead atoms. The summed E-state index contributed by atoms with van der Waals surface area (Å²) in [6.07, 6.45) is 0. The third-order valence-electron chi connectivity index (χ3n) is 12.7. The Morgan fingerprint density at radius 1 is 0.269 bits per heavy atom. The van der Waals surface area contributed by atoms with Gasteiger partial charge in [-0.15, -0.1) is 0 Å². The van der Waals surface area contributed by atoms with Crippen LogP contribution in [-0.4, -0.2) is 46.9 Å². The van der Waals surface area contributed by atoms with Gasteiger partial charge in [0.2, 0.25) is 0 Å². The van der Waals surface area contributed by atoms with Crippen LogP contribution in [-0.2, 0) is 0 Å². The Morgan fingerprint density at radius 3 is 0.791 bits per heavy atom. The molecule has 2 heteroatoms. The summed E-state index contributed by atoms with van der Waals surface area (Å²) in [6, 6.07) is 93.2. The second-order valence-electron chi connectivity index (χ2n) is 17.2. The van der Waals surface area contributed by atoms with Crippen LogP contribution in [0.5, 0.6) is 0 Å². The van der Waals surface area contributed by atoms with E-state index in [9.17, 15) is 0 Å². The summed E-state index contributed by atoms with van der Waals surface area (Å²) in [5.74, 6) is 0. The summed E-state index contributed by atoms with van der Waals surface area (Å²) in [4.78, 5) is 0. The first-order valence-electron chi connectivity index (χ1n) is 23.2. The predicted molar refractivity (Wildman–Crippen MR) is 291 cm³/mol. The number of benzene rings is 9. The Hall–Kier alpha value is -6.22. The van der Waals surface area contributed by atoms with E-state index in [2.05, 4.69) is 276 Å². The van der Waals surface area contributed by atoms with Gasteiger partial charge in [0.05, 0.1) is 0 Å². The fourth-order valence-corrected chi connectivity index (χ4v) is 30.5. The summed E-state index contributed by atoms with van der Waals surface area (Å²) in [6.45, 7) is 6.89. The third kappa shape index (κ3) is 9.39. The van der Waals surface area contributed by atoms with E-state index in [1.807, 2.05) is 0 Å². The molecule has 0 saturated carbocycles. The predicted octanol–water partition coefficient (Wildman–Crippen LogP) is 15.5. The van der Waals surface area contributed by atoms with Gasteiger partial charge in [-0.05, 0) is 0 Å². The molecule has 3 radical (unpaired) electrons. The zero-order valence-corrected chi connectivity index (χ0v) is 46.0. The Kier molecular flexibility index (Phi) is 13.8. The molecular formula is C65H51Pb2. The molecule has 0 spiro atoms. The van der Waals surface area contributed by atoms with Crippen molar-refractivity contribution in [3.05, 3.63) is 316 Å². The molecule has 2 aliphatic heterocycles. The minimum atomic E-state index is -3.00. The summed E-state index contributed by atoms with van der Waals surface area (Å²) in [5.41, 5.74) is 20.7. The fraction of sp³-hybridized carbons (Fsp3) is 0.0462. The van der Waals surface area contributed by atoms with Crippen molar-refractivity contribution in [2.45, 2.75) is 20.8 Å². The molecule has 0 saturated heterocycles. The molecule has 2 heterocycles. The van der Waals surface area contributed by atoms with Crippen molar-refractivity contribution >= 4 is 84.9 Å². The van der Waals surface area contributed by atoms with Crippen LogP contribution in [0.1, 0.15) is 61.2 Å². The Balaban J connectivity index is 0.000000162. The minimum absolute atomic E-state index is 1.28. The first-order valence-corrected chi connectivity index (χ1v) is 32.9. The monoisotopic (exact) mass is 1250 g/mol. The molecule has 11 rings (SSSR count). The number of hydrogen-bond donors (Lipinski definition) is 0. The van der Waals surface area contributed by atoms with Crippen molar-refractivity contribution in [1.29, 1.82) is 0 Å². The van der Waals surface area contributed by atoms with E-state index in [-0.39, 0.29) is 0 Å². The molecule has 0 atom stereocenters. The molecule has 0 aromatic heterocycles. The zero-order chi connectivity index (χ0) is 45.5. The van der Waals surface area contributed by atoms with E-state index in [4.69, 9.17) is 0 Å². The first-order chi connectivity index (χ1) is 33.0. The van der Waals surface area contributed by atoms with Crippen molar-refractivity contribution < 1.29 is 0 Å². The maximum absolute atomic E-state index is 3.00. The van der Waals surface area contributed by atoms with Crippen LogP contribution >= 0.6 is 0 Å². The van der Waals surface area contributed by atoms with Crippen LogP contribution in [0.2, 0.25) is 0 Å². The molecule has 0 nitrogen and oxygen atoms in total. The van der Waals surface area contributed by atoms with Gasteiger partial charge in [-0.1, -0.05) is 0 Å². The van der Waals surface area contributed by atoms with Crippen molar-refractivity contribution in [1.82, 2.24) is 0 Å². The van der Waals surface area contributed by atoms with Crippen molar-refractivity contribution in [3.8, 4) is 0 Å². The van der Waals surface area contributed by atoms with Crippen LogP contribution in [0.3, 0.4) is 0 Å². The second-order valence-corrected chi connectivity index (χ2v) is 30.8. The van der Waals surface area contributed by atoms with Gasteiger partial charge in [-0.25, -0.2) is 0 Å². The SMILES string of the molecule is Cc1cc(C)[c]([Pb]2[C](c3ccccc3)=C(c3ccccc3)C(c3ccccc3)=[C]2c2ccccc2)c(C)c1.c1ccc([C]2=C(c3ccccc3)C(c3ccccc3)=[C](c3ccccc3)[Pb]2)cc1. The topological polar surface area (TPSA) is 0 Å². The van der Waals surface area contributed by atoms with E-state index >= 15 is 0 Å². The standard InChI is InChI=1S/2C28H20.C9H11.2Pb/c2*1-5-13-23(14-6-1)21-27(25-17-9-3-10-18-25)28(26-19-11-4-12-20-26)22-24-15-7-2-8-16-24;1-7-4-8(2)6-9(3)5-7;;/h2*1-20H;4-5H,1-3H3;;. The van der Waals surface area contributed by atoms with E-state index < -0.39 is 46.9 Å². The molecule has 0 N–H and O–H groups in total. The molecule has 9 aromatic rings. The summed E-state index contributed by atoms with van der Waals surface area (Å²) < 4.78 is 7.99. The Bertz CT molecular complexity index is 3040. The van der Waals surface area contributed by atoms with E-state index in [0.717, 1.165) is 0 Å². The number of rotatable bonds is 9. The fourth-order valence-electron chi connectivity index (χ4n) is 9.95. The molecular weight excluding hydrogens is 1200 g/mol. The average molecular weight is 1250 g/mol. The first kappa shape index (κ1) is 44.6. The second kappa shape index (κ2) is 20.7. The summed E-state index contributed by atoms with van der Waals surface area (Å²) in [7, 11) is 0. The van der Waals surface area contributed by atoms with Gasteiger partial charge in [0, 0.05) is 0 Å². The van der Waals surface area contributed by atoms with Gasteiger partial charge in [0.15, 0.2) is 0 Å². The normalized spacial score (nSPS) is 13.8. The van der Waals surface area contributed by atoms with Crippen molar-refractivity contribution in [3.63, 3.8) is 0 Å². The maximum atomic E-state index is 2.40. The number of aryl methyl sites for hydroxylation is 3. The molecule has 0 fully saturated rings. The van der Waals surface area contributed by atoms with Crippen LogP contribution in [0, 0.1) is 20.8 Å². The van der Waals surface area contributed by atoms with Crippen LogP contribution in [0.4, 0.5) is 0 Å². The average Bonchev–Trinajstić information content (AvgIpc) is 3.96. The van der Waals surface area contributed by atoms with E-state index in [1.54, 1.807) is 15.7 Å². The van der Waals surface area contributed by atoms with Gasteiger partial charge < -0.3 is 0 Å². The van der Waals surface area contributed by atoms with E-state index in [0.29, 0.717) is 0 Å².